The van der Waals surface area contributed by atoms with Gasteiger partial charge >= 0.3 is 0 Å². The van der Waals surface area contributed by atoms with Gasteiger partial charge in [-0.3, -0.25) is 4.18 Å². The first-order valence-electron chi connectivity index (χ1n) is 3.50. The first kappa shape index (κ1) is 12.8. The second-order valence-electron chi connectivity index (χ2n) is 2.55. The van der Waals surface area contributed by atoms with Crippen LogP contribution in [0.1, 0.15) is 6.42 Å². The molecule has 0 saturated heterocycles. The first-order valence-corrected chi connectivity index (χ1v) is 7.20. The van der Waals surface area contributed by atoms with Crippen molar-refractivity contribution in [2.75, 3.05) is 25.7 Å². The van der Waals surface area contributed by atoms with Gasteiger partial charge in [0, 0.05) is 6.54 Å². The van der Waals surface area contributed by atoms with Crippen molar-refractivity contribution < 1.29 is 21.0 Å². The fraction of sp³-hybridized carbons (Fsp3) is 1.00. The van der Waals surface area contributed by atoms with Crippen LogP contribution in [-0.2, 0) is 24.3 Å². The van der Waals surface area contributed by atoms with Gasteiger partial charge in [0.25, 0.3) is 10.1 Å². The van der Waals surface area contributed by atoms with E-state index in [0.717, 1.165) is 12.5 Å². The summed E-state index contributed by atoms with van der Waals surface area (Å²) in [7, 11) is -6.61. The van der Waals surface area contributed by atoms with Crippen molar-refractivity contribution in [3.63, 3.8) is 0 Å². The Hall–Kier alpha value is -0.180. The quantitative estimate of drug-likeness (QED) is 0.463. The zero-order chi connectivity index (χ0) is 10.5. The van der Waals surface area contributed by atoms with Crippen LogP contribution in [0.4, 0.5) is 0 Å². The van der Waals surface area contributed by atoms with Gasteiger partial charge in [0.15, 0.2) is 0 Å². The molecule has 0 atom stereocenters. The molecule has 0 fully saturated rings. The maximum absolute atomic E-state index is 10.5. The summed E-state index contributed by atoms with van der Waals surface area (Å²) in [6, 6.07) is 0. The van der Waals surface area contributed by atoms with E-state index in [1.807, 2.05) is 0 Å². The second kappa shape index (κ2) is 4.89. The van der Waals surface area contributed by atoms with Crippen LogP contribution in [0, 0.1) is 0 Å². The van der Waals surface area contributed by atoms with Gasteiger partial charge in [-0.25, -0.2) is 13.1 Å². The predicted molar refractivity (Wildman–Crippen MR) is 48.3 cm³/mol. The molecular formula is C5H13NO5S2. The summed E-state index contributed by atoms with van der Waals surface area (Å²) in [6.45, 7) is 0.162. The number of hydrogen-bond donors (Lipinski definition) is 1. The lowest BCUT2D eigenvalue weighted by Gasteiger charge is -2.01. The van der Waals surface area contributed by atoms with E-state index in [1.165, 1.54) is 0 Å². The third kappa shape index (κ3) is 11.8. The summed E-state index contributed by atoms with van der Waals surface area (Å²) in [4.78, 5) is 0. The lowest BCUT2D eigenvalue weighted by molar-refractivity contribution is 0.316. The Morgan fingerprint density at radius 3 is 2.08 bits per heavy atom. The van der Waals surface area contributed by atoms with Crippen LogP contribution < -0.4 is 4.72 Å². The average molecular weight is 231 g/mol. The van der Waals surface area contributed by atoms with Crippen LogP contribution in [0.5, 0.6) is 0 Å². The van der Waals surface area contributed by atoms with E-state index in [0.29, 0.717) is 6.42 Å². The maximum Gasteiger partial charge on any atom is 0.264 e. The lowest BCUT2D eigenvalue weighted by Crippen LogP contribution is -2.24. The highest BCUT2D eigenvalue weighted by atomic mass is 32.2. The van der Waals surface area contributed by atoms with Crippen molar-refractivity contribution in [3.05, 3.63) is 0 Å². The third-order valence-corrected chi connectivity index (χ3v) is 2.31. The number of rotatable bonds is 6. The van der Waals surface area contributed by atoms with Crippen molar-refractivity contribution in [1.82, 2.24) is 4.72 Å². The molecule has 13 heavy (non-hydrogen) atoms. The number of nitrogens with one attached hydrogen (secondary N) is 1. The fourth-order valence-corrected chi connectivity index (χ4v) is 1.48. The minimum absolute atomic E-state index is 0.0125. The molecule has 0 radical (unpaired) electrons. The molecule has 0 spiro atoms. The van der Waals surface area contributed by atoms with Crippen LogP contribution in [-0.4, -0.2) is 42.5 Å². The molecule has 0 aromatic heterocycles. The normalized spacial score (nSPS) is 13.1. The van der Waals surface area contributed by atoms with Crippen LogP contribution >= 0.6 is 0 Å². The predicted octanol–water partition coefficient (Wildman–Crippen LogP) is -1.10. The van der Waals surface area contributed by atoms with Gasteiger partial charge in [-0.1, -0.05) is 0 Å². The Morgan fingerprint density at radius 2 is 1.69 bits per heavy atom. The average Bonchev–Trinajstić information content (AvgIpc) is 1.81. The second-order valence-corrected chi connectivity index (χ2v) is 6.02. The molecular weight excluding hydrogens is 218 g/mol. The largest absolute Gasteiger partial charge is 0.270 e. The standard InChI is InChI=1S/C5H13NO5S2/c1-12(7,8)6-4-3-5-11-13(2,9)10/h6H,3-5H2,1-2H3. The van der Waals surface area contributed by atoms with Crippen molar-refractivity contribution in [2.24, 2.45) is 0 Å². The molecule has 0 unspecified atom stereocenters. The molecule has 0 heterocycles. The third-order valence-electron chi connectivity index (χ3n) is 0.983. The molecule has 1 N–H and O–H groups in total. The Bertz CT molecular complexity index is 296. The van der Waals surface area contributed by atoms with E-state index in [4.69, 9.17) is 0 Å². The fourth-order valence-electron chi connectivity index (χ4n) is 0.540. The van der Waals surface area contributed by atoms with Gasteiger partial charge in [0.05, 0.1) is 19.1 Å². The zero-order valence-corrected chi connectivity index (χ0v) is 9.11. The SMILES string of the molecule is CS(=O)(=O)NCCCOS(C)(=O)=O. The molecule has 0 amide bonds. The molecule has 0 bridgehead atoms. The molecule has 6 nitrogen and oxygen atoms in total. The van der Waals surface area contributed by atoms with Crippen molar-refractivity contribution in [2.45, 2.75) is 6.42 Å². The summed E-state index contributed by atoms with van der Waals surface area (Å²) in [6.07, 6.45) is 2.29. The zero-order valence-electron chi connectivity index (χ0n) is 7.48. The summed E-state index contributed by atoms with van der Waals surface area (Å²) < 4.78 is 48.5. The molecule has 8 heteroatoms. The van der Waals surface area contributed by atoms with Gasteiger partial charge in [-0.15, -0.1) is 0 Å². The summed E-state index contributed by atoms with van der Waals surface area (Å²) in [5, 5.41) is 0. The Morgan fingerprint density at radius 1 is 1.15 bits per heavy atom. The Kier molecular flexibility index (Phi) is 4.82. The molecule has 0 aromatic rings. The van der Waals surface area contributed by atoms with Gasteiger partial charge in [-0.2, -0.15) is 8.42 Å². The van der Waals surface area contributed by atoms with Gasteiger partial charge in [0.2, 0.25) is 10.0 Å². The Labute approximate surface area is 78.5 Å². The molecule has 0 aromatic carbocycles. The molecule has 0 aliphatic heterocycles. The summed E-state index contributed by atoms with van der Waals surface area (Å²) >= 11 is 0. The van der Waals surface area contributed by atoms with Gasteiger partial charge in [0.1, 0.15) is 0 Å². The molecule has 0 aliphatic carbocycles. The van der Waals surface area contributed by atoms with Crippen molar-refractivity contribution in [3.8, 4) is 0 Å². The van der Waals surface area contributed by atoms with E-state index < -0.39 is 20.1 Å². The highest BCUT2D eigenvalue weighted by Crippen LogP contribution is 1.89. The van der Waals surface area contributed by atoms with E-state index in [-0.39, 0.29) is 13.2 Å². The number of hydrogen-bond acceptors (Lipinski definition) is 5. The minimum Gasteiger partial charge on any atom is -0.270 e. The molecule has 0 rings (SSSR count). The highest BCUT2D eigenvalue weighted by Gasteiger charge is 2.02. The lowest BCUT2D eigenvalue weighted by atomic mass is 10.5. The molecule has 80 valence electrons. The maximum atomic E-state index is 10.5. The summed E-state index contributed by atoms with van der Waals surface area (Å²) in [5.41, 5.74) is 0. The smallest absolute Gasteiger partial charge is 0.264 e. The van der Waals surface area contributed by atoms with Crippen LogP contribution in [0.2, 0.25) is 0 Å². The van der Waals surface area contributed by atoms with Crippen molar-refractivity contribution in [1.29, 1.82) is 0 Å². The molecule has 0 saturated carbocycles. The van der Waals surface area contributed by atoms with E-state index in [9.17, 15) is 16.8 Å². The van der Waals surface area contributed by atoms with Crippen LogP contribution in [0.25, 0.3) is 0 Å². The first-order chi connectivity index (χ1) is 5.71. The van der Waals surface area contributed by atoms with Gasteiger partial charge < -0.3 is 0 Å². The van der Waals surface area contributed by atoms with E-state index in [2.05, 4.69) is 8.91 Å². The van der Waals surface area contributed by atoms with E-state index in [1.54, 1.807) is 0 Å². The van der Waals surface area contributed by atoms with Gasteiger partial charge in [-0.05, 0) is 6.42 Å². The molecule has 0 aliphatic rings. The van der Waals surface area contributed by atoms with Crippen molar-refractivity contribution >= 4 is 20.1 Å². The highest BCUT2D eigenvalue weighted by molar-refractivity contribution is 7.88. The Balaban J connectivity index is 3.50. The topological polar surface area (TPSA) is 89.5 Å². The summed E-state index contributed by atoms with van der Waals surface area (Å²) in [5.74, 6) is 0. The van der Waals surface area contributed by atoms with E-state index >= 15 is 0 Å². The number of sulfonamides is 1. The van der Waals surface area contributed by atoms with Crippen LogP contribution in [0.3, 0.4) is 0 Å². The minimum atomic E-state index is -3.42. The monoisotopic (exact) mass is 231 g/mol. The van der Waals surface area contributed by atoms with Crippen LogP contribution in [0.15, 0.2) is 0 Å².